The van der Waals surface area contributed by atoms with Crippen LogP contribution in [0.2, 0.25) is 0 Å². The molecule has 1 saturated heterocycles. The molecule has 6 heteroatoms. The van der Waals surface area contributed by atoms with Crippen LogP contribution in [0.1, 0.15) is 42.9 Å². The number of hydrogen-bond donors (Lipinski definition) is 0. The maximum absolute atomic E-state index is 13.4. The number of aryl methyl sites for hydroxylation is 2. The van der Waals surface area contributed by atoms with Crippen molar-refractivity contribution in [3.05, 3.63) is 76.1 Å². The van der Waals surface area contributed by atoms with Gasteiger partial charge in [0, 0.05) is 36.0 Å². The van der Waals surface area contributed by atoms with Crippen LogP contribution in [-0.2, 0) is 13.5 Å². The van der Waals surface area contributed by atoms with E-state index < -0.39 is 0 Å². The Kier molecular flexibility index (Phi) is 5.79. The number of pyridine rings is 1. The number of nitrogens with zero attached hydrogens (tertiary/aromatic N) is 3. The highest BCUT2D eigenvalue weighted by molar-refractivity contribution is 5.82. The van der Waals surface area contributed by atoms with Crippen LogP contribution in [0.25, 0.3) is 21.7 Å². The molecule has 166 valence electrons. The summed E-state index contributed by atoms with van der Waals surface area (Å²) < 4.78 is 20.4. The molecule has 0 N–H and O–H groups in total. The minimum Gasteiger partial charge on any atom is -0.356 e. The predicted molar refractivity (Wildman–Crippen MR) is 125 cm³/mol. The van der Waals surface area contributed by atoms with E-state index in [1.807, 2.05) is 12.3 Å². The lowest BCUT2D eigenvalue weighted by Gasteiger charge is -2.31. The number of hydrogen-bond acceptors (Lipinski definition) is 4. The highest BCUT2D eigenvalue weighted by Crippen LogP contribution is 2.32. The molecular weight excluding hydrogens is 405 g/mol. The Morgan fingerprint density at radius 3 is 2.75 bits per heavy atom. The Bertz CT molecular complexity index is 1300. The van der Waals surface area contributed by atoms with Crippen molar-refractivity contribution in [2.45, 2.75) is 38.0 Å². The van der Waals surface area contributed by atoms with Crippen LogP contribution in [0, 0.1) is 5.82 Å². The molecule has 0 saturated carbocycles. The van der Waals surface area contributed by atoms with Crippen molar-refractivity contribution in [1.29, 1.82) is 0 Å². The van der Waals surface area contributed by atoms with Crippen molar-refractivity contribution in [2.75, 3.05) is 19.6 Å². The molecule has 5 rings (SSSR count). The first-order chi connectivity index (χ1) is 15.6. The number of benzene rings is 2. The summed E-state index contributed by atoms with van der Waals surface area (Å²) in [6.45, 7) is 3.19. The average molecular weight is 434 g/mol. The summed E-state index contributed by atoms with van der Waals surface area (Å²) in [7, 11) is 1.79. The van der Waals surface area contributed by atoms with E-state index in [1.54, 1.807) is 17.7 Å². The number of likely N-dealkylation sites (tertiary alicyclic amines) is 1. The van der Waals surface area contributed by atoms with E-state index in [4.69, 9.17) is 4.52 Å². The second-order valence-corrected chi connectivity index (χ2v) is 8.93. The zero-order valence-corrected chi connectivity index (χ0v) is 18.4. The molecule has 1 fully saturated rings. The third-order valence-corrected chi connectivity index (χ3v) is 6.77. The van der Waals surface area contributed by atoms with Crippen LogP contribution in [0.3, 0.4) is 0 Å². The van der Waals surface area contributed by atoms with Crippen LogP contribution in [0.4, 0.5) is 4.39 Å². The van der Waals surface area contributed by atoms with Gasteiger partial charge in [-0.25, -0.2) is 4.39 Å². The van der Waals surface area contributed by atoms with Gasteiger partial charge in [0.05, 0.1) is 5.69 Å². The van der Waals surface area contributed by atoms with E-state index in [-0.39, 0.29) is 11.4 Å². The number of rotatable bonds is 6. The first-order valence-electron chi connectivity index (χ1n) is 11.4. The largest absolute Gasteiger partial charge is 0.356 e. The molecule has 0 radical (unpaired) electrons. The smallest absolute Gasteiger partial charge is 0.258 e. The van der Waals surface area contributed by atoms with Gasteiger partial charge in [-0.05, 0) is 87.0 Å². The molecule has 0 spiro atoms. The molecule has 2 aromatic heterocycles. The summed E-state index contributed by atoms with van der Waals surface area (Å²) >= 11 is 0. The van der Waals surface area contributed by atoms with Crippen molar-refractivity contribution in [3.63, 3.8) is 0 Å². The second kappa shape index (κ2) is 8.87. The SMILES string of the molecule is Cn1ccc2ccc(CCCCN3CCC(c4noc5cc(F)ccc45)CC3)cc2c1=O. The van der Waals surface area contributed by atoms with Crippen molar-refractivity contribution in [2.24, 2.45) is 7.05 Å². The third-order valence-electron chi connectivity index (χ3n) is 6.77. The van der Waals surface area contributed by atoms with Crippen molar-refractivity contribution >= 4 is 21.7 Å². The monoisotopic (exact) mass is 433 g/mol. The molecule has 32 heavy (non-hydrogen) atoms. The van der Waals surface area contributed by atoms with Gasteiger partial charge in [-0.15, -0.1) is 0 Å². The van der Waals surface area contributed by atoms with Gasteiger partial charge in [-0.2, -0.15) is 0 Å². The molecule has 4 aromatic rings. The van der Waals surface area contributed by atoms with Crippen LogP contribution >= 0.6 is 0 Å². The maximum Gasteiger partial charge on any atom is 0.258 e. The van der Waals surface area contributed by atoms with Gasteiger partial charge in [-0.1, -0.05) is 17.3 Å². The average Bonchev–Trinajstić information content (AvgIpc) is 3.23. The quantitative estimate of drug-likeness (QED) is 0.401. The van der Waals surface area contributed by atoms with Gasteiger partial charge < -0.3 is 14.0 Å². The third kappa shape index (κ3) is 4.19. The van der Waals surface area contributed by atoms with E-state index in [9.17, 15) is 9.18 Å². The van der Waals surface area contributed by atoms with Crippen molar-refractivity contribution in [3.8, 4) is 0 Å². The first-order valence-corrected chi connectivity index (χ1v) is 11.4. The standard InChI is InChI=1S/C26H28FN3O2/c1-29-13-9-19-6-5-18(16-23(19)26(29)31)4-2-3-12-30-14-10-20(11-15-30)25-22-8-7-21(27)17-24(22)32-28-25/h5-9,13,16-17,20H,2-4,10-12,14-15H2,1H3. The van der Waals surface area contributed by atoms with Gasteiger partial charge >= 0.3 is 0 Å². The lowest BCUT2D eigenvalue weighted by Crippen LogP contribution is -2.33. The topological polar surface area (TPSA) is 51.3 Å². The van der Waals surface area contributed by atoms with Crippen molar-refractivity contribution in [1.82, 2.24) is 14.6 Å². The summed E-state index contributed by atoms with van der Waals surface area (Å²) in [5.74, 6) is 0.0827. The van der Waals surface area contributed by atoms with E-state index in [0.29, 0.717) is 11.5 Å². The number of halogens is 1. The second-order valence-electron chi connectivity index (χ2n) is 8.93. The fourth-order valence-electron chi connectivity index (χ4n) is 4.86. The summed E-state index contributed by atoms with van der Waals surface area (Å²) in [6.07, 6.45) is 7.16. The van der Waals surface area contributed by atoms with Gasteiger partial charge in [0.1, 0.15) is 5.82 Å². The Morgan fingerprint density at radius 2 is 1.91 bits per heavy atom. The van der Waals surface area contributed by atoms with E-state index in [0.717, 1.165) is 73.6 Å². The minimum absolute atomic E-state index is 0.0669. The van der Waals surface area contributed by atoms with E-state index >= 15 is 0 Å². The van der Waals surface area contributed by atoms with E-state index in [2.05, 4.69) is 28.3 Å². The lowest BCUT2D eigenvalue weighted by atomic mass is 9.91. The molecule has 3 heterocycles. The highest BCUT2D eigenvalue weighted by Gasteiger charge is 2.24. The van der Waals surface area contributed by atoms with Gasteiger partial charge in [0.25, 0.3) is 5.56 Å². The van der Waals surface area contributed by atoms with Crippen LogP contribution in [0.15, 0.2) is 58.0 Å². The van der Waals surface area contributed by atoms with Gasteiger partial charge in [0.15, 0.2) is 5.58 Å². The summed E-state index contributed by atoms with van der Waals surface area (Å²) in [5.41, 5.74) is 2.81. The van der Waals surface area contributed by atoms with Crippen LogP contribution in [0.5, 0.6) is 0 Å². The minimum atomic E-state index is -0.291. The Hall–Kier alpha value is -2.99. The fraction of sp³-hybridized carbons (Fsp3) is 0.385. The molecule has 0 unspecified atom stereocenters. The van der Waals surface area contributed by atoms with Gasteiger partial charge in [-0.3, -0.25) is 4.79 Å². The lowest BCUT2D eigenvalue weighted by molar-refractivity contribution is 0.206. The summed E-state index contributed by atoms with van der Waals surface area (Å²) in [5, 5.41) is 6.99. The number of piperidine rings is 1. The molecule has 0 amide bonds. The maximum atomic E-state index is 13.4. The number of fused-ring (bicyclic) bond motifs is 2. The predicted octanol–water partition coefficient (Wildman–Crippen LogP) is 5.02. The van der Waals surface area contributed by atoms with E-state index in [1.165, 1.54) is 17.7 Å². The molecule has 1 aliphatic heterocycles. The fourth-order valence-corrected chi connectivity index (χ4v) is 4.86. The Balaban J connectivity index is 1.11. The van der Waals surface area contributed by atoms with Crippen LogP contribution in [-0.4, -0.2) is 34.3 Å². The molecule has 1 aliphatic rings. The first kappa shape index (κ1) is 20.9. The van der Waals surface area contributed by atoms with Gasteiger partial charge in [0.2, 0.25) is 0 Å². The Morgan fingerprint density at radius 1 is 1.06 bits per heavy atom. The molecule has 2 aromatic carbocycles. The number of unbranched alkanes of at least 4 members (excludes halogenated alkanes) is 1. The molecule has 5 nitrogen and oxygen atoms in total. The Labute approximate surface area is 186 Å². The summed E-state index contributed by atoms with van der Waals surface area (Å²) in [4.78, 5) is 14.9. The molecule has 0 bridgehead atoms. The normalized spacial score (nSPS) is 15.7. The van der Waals surface area contributed by atoms with Crippen LogP contribution < -0.4 is 5.56 Å². The number of aromatic nitrogens is 2. The molecular formula is C26H28FN3O2. The molecule has 0 aliphatic carbocycles. The zero-order valence-electron chi connectivity index (χ0n) is 18.4. The highest BCUT2D eigenvalue weighted by atomic mass is 19.1. The zero-order chi connectivity index (χ0) is 22.1. The van der Waals surface area contributed by atoms with Crippen molar-refractivity contribution < 1.29 is 8.91 Å². The molecule has 0 atom stereocenters. The summed E-state index contributed by atoms with van der Waals surface area (Å²) in [6, 6.07) is 12.9.